The van der Waals surface area contributed by atoms with E-state index in [0.29, 0.717) is 6.04 Å². The first-order valence-corrected chi connectivity index (χ1v) is 7.31. The SMILES string of the molecule is CC(C)NCc1ccc(CSc2ccc(F)cc2)o1. The minimum Gasteiger partial charge on any atom is -0.464 e. The van der Waals surface area contributed by atoms with E-state index in [9.17, 15) is 4.39 Å². The Labute approximate surface area is 117 Å². The van der Waals surface area contributed by atoms with Gasteiger partial charge in [-0.25, -0.2) is 4.39 Å². The van der Waals surface area contributed by atoms with Crippen LogP contribution >= 0.6 is 11.8 Å². The van der Waals surface area contributed by atoms with Crippen molar-refractivity contribution in [1.29, 1.82) is 0 Å². The zero-order valence-corrected chi connectivity index (χ0v) is 12.0. The lowest BCUT2D eigenvalue weighted by Gasteiger charge is -2.05. The lowest BCUT2D eigenvalue weighted by atomic mass is 10.3. The Morgan fingerprint density at radius 2 is 1.79 bits per heavy atom. The van der Waals surface area contributed by atoms with Crippen molar-refractivity contribution in [2.75, 3.05) is 0 Å². The zero-order valence-electron chi connectivity index (χ0n) is 11.2. The number of nitrogens with one attached hydrogen (secondary N) is 1. The van der Waals surface area contributed by atoms with Gasteiger partial charge in [0.25, 0.3) is 0 Å². The van der Waals surface area contributed by atoms with Crippen LogP contribution in [-0.4, -0.2) is 6.04 Å². The molecule has 0 unspecified atom stereocenters. The van der Waals surface area contributed by atoms with Crippen LogP contribution in [0.25, 0.3) is 0 Å². The molecule has 0 aliphatic carbocycles. The third kappa shape index (κ3) is 4.73. The van der Waals surface area contributed by atoms with Gasteiger partial charge < -0.3 is 9.73 Å². The average molecular weight is 279 g/mol. The Bertz CT molecular complexity index is 507. The molecule has 0 saturated carbocycles. The number of furan rings is 1. The molecule has 1 N–H and O–H groups in total. The van der Waals surface area contributed by atoms with Crippen LogP contribution < -0.4 is 5.32 Å². The molecule has 2 nitrogen and oxygen atoms in total. The van der Waals surface area contributed by atoms with Gasteiger partial charge in [-0.3, -0.25) is 0 Å². The average Bonchev–Trinajstić information content (AvgIpc) is 2.84. The van der Waals surface area contributed by atoms with Gasteiger partial charge in [0.05, 0.1) is 12.3 Å². The van der Waals surface area contributed by atoms with Gasteiger partial charge in [-0.05, 0) is 36.4 Å². The van der Waals surface area contributed by atoms with E-state index < -0.39 is 0 Å². The molecule has 1 heterocycles. The molecule has 0 aliphatic rings. The molecule has 1 aromatic heterocycles. The highest BCUT2D eigenvalue weighted by molar-refractivity contribution is 7.98. The minimum atomic E-state index is -0.204. The fourth-order valence-electron chi connectivity index (χ4n) is 1.58. The Balaban J connectivity index is 1.84. The van der Waals surface area contributed by atoms with Crippen LogP contribution in [0.5, 0.6) is 0 Å². The monoisotopic (exact) mass is 279 g/mol. The summed E-state index contributed by atoms with van der Waals surface area (Å²) in [7, 11) is 0. The van der Waals surface area contributed by atoms with Gasteiger partial charge in [-0.1, -0.05) is 13.8 Å². The van der Waals surface area contributed by atoms with Crippen molar-refractivity contribution in [2.45, 2.75) is 37.1 Å². The molecule has 19 heavy (non-hydrogen) atoms. The van der Waals surface area contributed by atoms with Gasteiger partial charge in [0.2, 0.25) is 0 Å². The van der Waals surface area contributed by atoms with Crippen molar-refractivity contribution in [3.05, 3.63) is 53.7 Å². The maximum absolute atomic E-state index is 12.8. The second-order valence-corrected chi connectivity index (χ2v) is 5.69. The molecule has 0 saturated heterocycles. The molecule has 2 aromatic rings. The van der Waals surface area contributed by atoms with Crippen molar-refractivity contribution in [3.63, 3.8) is 0 Å². The summed E-state index contributed by atoms with van der Waals surface area (Å²) in [5.41, 5.74) is 0. The van der Waals surface area contributed by atoms with Crippen molar-refractivity contribution >= 4 is 11.8 Å². The summed E-state index contributed by atoms with van der Waals surface area (Å²) >= 11 is 1.64. The molecule has 0 atom stereocenters. The predicted octanol–water partition coefficient (Wildman–Crippen LogP) is 4.21. The topological polar surface area (TPSA) is 25.2 Å². The van der Waals surface area contributed by atoms with Crippen LogP contribution in [0.1, 0.15) is 25.4 Å². The van der Waals surface area contributed by atoms with Crippen LogP contribution in [0.4, 0.5) is 4.39 Å². The number of thioether (sulfide) groups is 1. The van der Waals surface area contributed by atoms with E-state index in [0.717, 1.165) is 28.7 Å². The molecule has 4 heteroatoms. The highest BCUT2D eigenvalue weighted by Gasteiger charge is 2.04. The third-order valence-corrected chi connectivity index (χ3v) is 3.63. The van der Waals surface area contributed by atoms with Crippen LogP contribution in [0.15, 0.2) is 45.7 Å². The largest absolute Gasteiger partial charge is 0.464 e. The Morgan fingerprint density at radius 3 is 2.47 bits per heavy atom. The van der Waals surface area contributed by atoms with E-state index in [4.69, 9.17) is 4.42 Å². The van der Waals surface area contributed by atoms with E-state index in [2.05, 4.69) is 19.2 Å². The zero-order chi connectivity index (χ0) is 13.7. The summed E-state index contributed by atoms with van der Waals surface area (Å²) < 4.78 is 18.5. The molecule has 0 fully saturated rings. The third-order valence-electron chi connectivity index (χ3n) is 2.60. The van der Waals surface area contributed by atoms with Gasteiger partial charge in [-0.15, -0.1) is 11.8 Å². The van der Waals surface area contributed by atoms with E-state index in [1.807, 2.05) is 12.1 Å². The molecule has 0 bridgehead atoms. The summed E-state index contributed by atoms with van der Waals surface area (Å²) in [4.78, 5) is 1.04. The quantitative estimate of drug-likeness (QED) is 0.802. The lowest BCUT2D eigenvalue weighted by molar-refractivity contribution is 0.445. The summed E-state index contributed by atoms with van der Waals surface area (Å²) in [6, 6.07) is 10.9. The minimum absolute atomic E-state index is 0.204. The maximum atomic E-state index is 12.8. The summed E-state index contributed by atoms with van der Waals surface area (Å²) in [5, 5.41) is 3.31. The van der Waals surface area contributed by atoms with Gasteiger partial charge >= 0.3 is 0 Å². The first-order chi connectivity index (χ1) is 9.13. The fraction of sp³-hybridized carbons (Fsp3) is 0.333. The smallest absolute Gasteiger partial charge is 0.123 e. The molecular formula is C15H18FNOS. The Morgan fingerprint density at radius 1 is 1.11 bits per heavy atom. The number of hydrogen-bond acceptors (Lipinski definition) is 3. The lowest BCUT2D eigenvalue weighted by Crippen LogP contribution is -2.21. The predicted molar refractivity (Wildman–Crippen MR) is 76.6 cm³/mol. The van der Waals surface area contributed by atoms with Crippen molar-refractivity contribution in [3.8, 4) is 0 Å². The molecule has 1 aromatic carbocycles. The first-order valence-electron chi connectivity index (χ1n) is 6.33. The van der Waals surface area contributed by atoms with Crippen LogP contribution in [0.2, 0.25) is 0 Å². The van der Waals surface area contributed by atoms with Crippen LogP contribution in [-0.2, 0) is 12.3 Å². The molecule has 0 spiro atoms. The van der Waals surface area contributed by atoms with Gasteiger partial charge in [0.15, 0.2) is 0 Å². The van der Waals surface area contributed by atoms with E-state index in [1.165, 1.54) is 12.1 Å². The molecule has 102 valence electrons. The fourth-order valence-corrected chi connectivity index (χ4v) is 2.38. The number of halogens is 1. The van der Waals surface area contributed by atoms with E-state index in [1.54, 1.807) is 23.9 Å². The molecule has 0 radical (unpaired) electrons. The summed E-state index contributed by atoms with van der Waals surface area (Å²) in [5.74, 6) is 2.44. The summed E-state index contributed by atoms with van der Waals surface area (Å²) in [6.07, 6.45) is 0. The van der Waals surface area contributed by atoms with Gasteiger partial charge in [0.1, 0.15) is 17.3 Å². The Kier molecular flexibility index (Phi) is 5.05. The normalized spacial score (nSPS) is 11.2. The first kappa shape index (κ1) is 14.2. The van der Waals surface area contributed by atoms with Crippen LogP contribution in [0, 0.1) is 5.82 Å². The Hall–Kier alpha value is -1.26. The summed E-state index contributed by atoms with van der Waals surface area (Å²) in [6.45, 7) is 4.96. The number of benzene rings is 1. The van der Waals surface area contributed by atoms with Crippen molar-refractivity contribution < 1.29 is 8.81 Å². The van der Waals surface area contributed by atoms with E-state index >= 15 is 0 Å². The molecular weight excluding hydrogens is 261 g/mol. The second kappa shape index (κ2) is 6.78. The van der Waals surface area contributed by atoms with Gasteiger partial charge in [-0.2, -0.15) is 0 Å². The van der Waals surface area contributed by atoms with Crippen molar-refractivity contribution in [2.24, 2.45) is 0 Å². The van der Waals surface area contributed by atoms with Crippen LogP contribution in [0.3, 0.4) is 0 Å². The van der Waals surface area contributed by atoms with Gasteiger partial charge in [0, 0.05) is 10.9 Å². The van der Waals surface area contributed by atoms with E-state index in [-0.39, 0.29) is 5.82 Å². The molecule has 2 rings (SSSR count). The highest BCUT2D eigenvalue weighted by atomic mass is 32.2. The number of rotatable bonds is 6. The molecule has 0 aliphatic heterocycles. The standard InChI is InChI=1S/C15H18FNOS/c1-11(2)17-9-13-5-6-14(18-13)10-19-15-7-3-12(16)4-8-15/h3-8,11,17H,9-10H2,1-2H3. The molecule has 0 amide bonds. The maximum Gasteiger partial charge on any atom is 0.123 e. The number of hydrogen-bond donors (Lipinski definition) is 1. The van der Waals surface area contributed by atoms with Crippen molar-refractivity contribution in [1.82, 2.24) is 5.32 Å². The highest BCUT2D eigenvalue weighted by Crippen LogP contribution is 2.23. The second-order valence-electron chi connectivity index (χ2n) is 4.65.